The molecule has 0 radical (unpaired) electrons. The summed E-state index contributed by atoms with van der Waals surface area (Å²) in [7, 11) is 0. The average molecular weight is 366 g/mol. The second kappa shape index (κ2) is 7.27. The molecule has 1 heterocycles. The Morgan fingerprint density at radius 3 is 2.52 bits per heavy atom. The largest absolute Gasteiger partial charge is 0.482 e. The van der Waals surface area contributed by atoms with Gasteiger partial charge >= 0.3 is 5.97 Å². The van der Waals surface area contributed by atoms with Gasteiger partial charge in [-0.25, -0.2) is 4.79 Å². The van der Waals surface area contributed by atoms with Gasteiger partial charge in [0.05, 0.1) is 5.56 Å². The number of ketones is 1. The topological polar surface area (TPSA) is 61.8 Å². The van der Waals surface area contributed by atoms with E-state index in [0.717, 1.165) is 11.1 Å². The number of ether oxygens (including phenoxy) is 3. The van der Waals surface area contributed by atoms with Gasteiger partial charge in [0, 0.05) is 6.07 Å². The van der Waals surface area contributed by atoms with Crippen LogP contribution in [0.15, 0.2) is 48.2 Å². The SMILES string of the molecule is Cc1cc(OCC(=O)OC(C)(C)C)cc2c1C(=O)/C(=C/c1ccccc1)O2. The maximum absolute atomic E-state index is 12.6. The Balaban J connectivity index is 1.77. The van der Waals surface area contributed by atoms with Crippen LogP contribution in [0.2, 0.25) is 0 Å². The van der Waals surface area contributed by atoms with Crippen LogP contribution in [0.1, 0.15) is 42.3 Å². The molecular weight excluding hydrogens is 344 g/mol. The normalized spacial score (nSPS) is 14.7. The van der Waals surface area contributed by atoms with Crippen molar-refractivity contribution in [3.63, 3.8) is 0 Å². The van der Waals surface area contributed by atoms with Crippen LogP contribution >= 0.6 is 0 Å². The fourth-order valence-corrected chi connectivity index (χ4v) is 2.77. The van der Waals surface area contributed by atoms with Crippen LogP contribution in [-0.4, -0.2) is 24.0 Å². The van der Waals surface area contributed by atoms with Gasteiger partial charge in [-0.2, -0.15) is 0 Å². The Morgan fingerprint density at radius 1 is 1.15 bits per heavy atom. The molecule has 140 valence electrons. The molecule has 3 rings (SSSR count). The van der Waals surface area contributed by atoms with E-state index < -0.39 is 11.6 Å². The van der Waals surface area contributed by atoms with Crippen molar-refractivity contribution in [3.05, 3.63) is 64.9 Å². The molecule has 2 aromatic rings. The predicted octanol–water partition coefficient (Wildman–Crippen LogP) is 4.33. The van der Waals surface area contributed by atoms with Crippen molar-refractivity contribution in [1.29, 1.82) is 0 Å². The molecule has 0 saturated carbocycles. The molecule has 0 fully saturated rings. The molecule has 1 aliphatic heterocycles. The van der Waals surface area contributed by atoms with Gasteiger partial charge < -0.3 is 14.2 Å². The maximum Gasteiger partial charge on any atom is 0.344 e. The van der Waals surface area contributed by atoms with Gasteiger partial charge in [-0.3, -0.25) is 4.79 Å². The van der Waals surface area contributed by atoms with Crippen LogP contribution in [0.3, 0.4) is 0 Å². The number of carbonyl (C=O) groups is 2. The second-order valence-electron chi connectivity index (χ2n) is 7.34. The van der Waals surface area contributed by atoms with Gasteiger partial charge in [0.2, 0.25) is 5.78 Å². The van der Waals surface area contributed by atoms with Crippen molar-refractivity contribution in [2.45, 2.75) is 33.3 Å². The van der Waals surface area contributed by atoms with E-state index in [0.29, 0.717) is 17.1 Å². The molecule has 2 aromatic carbocycles. The van der Waals surface area contributed by atoms with Crippen LogP contribution in [0.5, 0.6) is 11.5 Å². The fraction of sp³-hybridized carbons (Fsp3) is 0.273. The van der Waals surface area contributed by atoms with Gasteiger partial charge in [0.1, 0.15) is 17.1 Å². The number of esters is 1. The lowest BCUT2D eigenvalue weighted by Crippen LogP contribution is -2.27. The second-order valence-corrected chi connectivity index (χ2v) is 7.34. The van der Waals surface area contributed by atoms with Crippen LogP contribution in [0.25, 0.3) is 6.08 Å². The molecule has 0 atom stereocenters. The third-order valence-electron chi connectivity index (χ3n) is 3.82. The Labute approximate surface area is 158 Å². The molecule has 5 nitrogen and oxygen atoms in total. The van der Waals surface area contributed by atoms with Gasteiger partial charge in [-0.1, -0.05) is 30.3 Å². The number of rotatable bonds is 4. The summed E-state index contributed by atoms with van der Waals surface area (Å²) in [6.07, 6.45) is 1.71. The molecule has 0 unspecified atom stereocenters. The summed E-state index contributed by atoms with van der Waals surface area (Å²) in [6, 6.07) is 12.8. The van der Waals surface area contributed by atoms with Crippen LogP contribution in [0.4, 0.5) is 0 Å². The third kappa shape index (κ3) is 4.56. The van der Waals surface area contributed by atoms with Crippen molar-refractivity contribution in [3.8, 4) is 11.5 Å². The first-order chi connectivity index (χ1) is 12.7. The Hall–Kier alpha value is -3.08. The smallest absolute Gasteiger partial charge is 0.344 e. The third-order valence-corrected chi connectivity index (χ3v) is 3.82. The first-order valence-corrected chi connectivity index (χ1v) is 8.71. The molecule has 0 amide bonds. The number of aryl methyl sites for hydroxylation is 1. The zero-order valence-electron chi connectivity index (χ0n) is 15.9. The van der Waals surface area contributed by atoms with E-state index in [1.165, 1.54) is 0 Å². The van der Waals surface area contributed by atoms with Crippen molar-refractivity contribution >= 4 is 17.8 Å². The van der Waals surface area contributed by atoms with Crippen molar-refractivity contribution < 1.29 is 23.8 Å². The van der Waals surface area contributed by atoms with Gasteiger partial charge in [0.25, 0.3) is 0 Å². The van der Waals surface area contributed by atoms with Crippen LogP contribution in [-0.2, 0) is 9.53 Å². The molecule has 0 bridgehead atoms. The van der Waals surface area contributed by atoms with E-state index in [1.54, 1.807) is 39.0 Å². The number of Topliss-reactive ketones (excluding diaryl/α,β-unsaturated/α-hetero) is 1. The Morgan fingerprint density at radius 2 is 1.85 bits per heavy atom. The molecule has 0 aliphatic carbocycles. The van der Waals surface area contributed by atoms with E-state index >= 15 is 0 Å². The Kier molecular flexibility index (Phi) is 5.04. The summed E-state index contributed by atoms with van der Waals surface area (Å²) in [5, 5.41) is 0. The lowest BCUT2D eigenvalue weighted by atomic mass is 10.0. The number of fused-ring (bicyclic) bond motifs is 1. The molecule has 0 aromatic heterocycles. The zero-order valence-corrected chi connectivity index (χ0v) is 15.9. The summed E-state index contributed by atoms with van der Waals surface area (Å²) < 4.78 is 16.5. The molecule has 27 heavy (non-hydrogen) atoms. The summed E-state index contributed by atoms with van der Waals surface area (Å²) >= 11 is 0. The van der Waals surface area contributed by atoms with Crippen molar-refractivity contribution in [2.24, 2.45) is 0 Å². The number of benzene rings is 2. The number of carbonyl (C=O) groups excluding carboxylic acids is 2. The minimum atomic E-state index is -0.568. The molecular formula is C22H22O5. The van der Waals surface area contributed by atoms with E-state index in [4.69, 9.17) is 14.2 Å². The lowest BCUT2D eigenvalue weighted by molar-refractivity contribution is -0.157. The monoisotopic (exact) mass is 366 g/mol. The lowest BCUT2D eigenvalue weighted by Gasteiger charge is -2.19. The quantitative estimate of drug-likeness (QED) is 0.595. The highest BCUT2D eigenvalue weighted by Gasteiger charge is 2.30. The number of hydrogen-bond donors (Lipinski definition) is 0. The predicted molar refractivity (Wildman–Crippen MR) is 102 cm³/mol. The van der Waals surface area contributed by atoms with E-state index in [1.807, 2.05) is 37.3 Å². The first kappa shape index (κ1) is 18.7. The van der Waals surface area contributed by atoms with Gasteiger partial charge in [0.15, 0.2) is 12.4 Å². The van der Waals surface area contributed by atoms with Crippen LogP contribution in [0, 0.1) is 6.92 Å². The minimum absolute atomic E-state index is 0.162. The maximum atomic E-state index is 12.6. The first-order valence-electron chi connectivity index (χ1n) is 8.71. The average Bonchev–Trinajstić information content (AvgIpc) is 2.89. The molecule has 1 aliphatic rings. The summed E-state index contributed by atoms with van der Waals surface area (Å²) in [4.78, 5) is 24.5. The fourth-order valence-electron chi connectivity index (χ4n) is 2.77. The van der Waals surface area contributed by atoms with Gasteiger partial charge in [-0.15, -0.1) is 0 Å². The van der Waals surface area contributed by atoms with Gasteiger partial charge in [-0.05, 0) is 51.0 Å². The molecule has 0 saturated heterocycles. The zero-order chi connectivity index (χ0) is 19.6. The van der Waals surface area contributed by atoms with E-state index in [9.17, 15) is 9.59 Å². The van der Waals surface area contributed by atoms with E-state index in [2.05, 4.69) is 0 Å². The van der Waals surface area contributed by atoms with Crippen molar-refractivity contribution in [2.75, 3.05) is 6.61 Å². The molecule has 5 heteroatoms. The molecule has 0 spiro atoms. The highest BCUT2D eigenvalue weighted by Crippen LogP contribution is 2.37. The highest BCUT2D eigenvalue weighted by atomic mass is 16.6. The Bertz CT molecular complexity index is 904. The molecule has 0 N–H and O–H groups in total. The summed E-state index contributed by atoms with van der Waals surface area (Å²) in [5.41, 5.74) is 1.56. The summed E-state index contributed by atoms with van der Waals surface area (Å²) in [5.74, 6) is 0.531. The summed E-state index contributed by atoms with van der Waals surface area (Å²) in [6.45, 7) is 6.99. The van der Waals surface area contributed by atoms with Crippen molar-refractivity contribution in [1.82, 2.24) is 0 Å². The number of hydrogen-bond acceptors (Lipinski definition) is 5. The van der Waals surface area contributed by atoms with E-state index in [-0.39, 0.29) is 18.1 Å². The van der Waals surface area contributed by atoms with Crippen LogP contribution < -0.4 is 9.47 Å². The number of allylic oxidation sites excluding steroid dienone is 1. The standard InChI is InChI=1S/C22H22O5/c1-14-10-16(25-13-19(23)27-22(2,3)4)12-17-20(14)21(24)18(26-17)11-15-8-6-5-7-9-15/h5-12H,13H2,1-4H3/b18-11-. The highest BCUT2D eigenvalue weighted by molar-refractivity contribution is 6.15. The minimum Gasteiger partial charge on any atom is -0.482 e.